The second kappa shape index (κ2) is 10.3. The quantitative estimate of drug-likeness (QED) is 0.606. The minimum absolute atomic E-state index is 0.0644. The van der Waals surface area contributed by atoms with Crippen LogP contribution in [0.2, 0.25) is 0 Å². The van der Waals surface area contributed by atoms with E-state index in [9.17, 15) is 9.59 Å². The summed E-state index contributed by atoms with van der Waals surface area (Å²) in [6, 6.07) is 15.4. The molecule has 2 heterocycles. The second-order valence-corrected chi connectivity index (χ2v) is 9.01. The first kappa shape index (κ1) is 23.8. The number of nitrogens with one attached hydrogen (secondary N) is 1. The van der Waals surface area contributed by atoms with Crippen molar-refractivity contribution in [3.63, 3.8) is 0 Å². The number of carbonyl (C=O) groups is 2. The molecule has 0 unspecified atom stereocenters. The highest BCUT2D eigenvalue weighted by atomic mass is 16.5. The van der Waals surface area contributed by atoms with Gasteiger partial charge in [0.25, 0.3) is 5.91 Å². The van der Waals surface area contributed by atoms with Crippen LogP contribution in [0.25, 0.3) is 6.08 Å². The van der Waals surface area contributed by atoms with E-state index >= 15 is 0 Å². The number of imide groups is 1. The molecule has 2 aliphatic heterocycles. The normalized spacial score (nSPS) is 21.8. The van der Waals surface area contributed by atoms with Gasteiger partial charge in [-0.05, 0) is 55.6 Å². The first-order valence-electron chi connectivity index (χ1n) is 11.7. The number of ether oxygens (including phenoxy) is 2. The Balaban J connectivity index is 1.44. The van der Waals surface area contributed by atoms with Crippen molar-refractivity contribution in [3.05, 3.63) is 65.7 Å². The van der Waals surface area contributed by atoms with Gasteiger partial charge in [-0.25, -0.2) is 4.79 Å². The third-order valence-electron chi connectivity index (χ3n) is 7.02. The maximum Gasteiger partial charge on any atom is 0.324 e. The lowest BCUT2D eigenvalue weighted by Crippen LogP contribution is -2.57. The SMILES string of the molecule is COc1cccc(C[C@]2(C3CCN(C/C=C/c4ccccc4OC)CC3)NC(=O)N(C)C2=O)c1. The molecule has 2 fully saturated rings. The van der Waals surface area contributed by atoms with Gasteiger partial charge in [-0.2, -0.15) is 0 Å². The molecule has 34 heavy (non-hydrogen) atoms. The highest BCUT2D eigenvalue weighted by Gasteiger charge is 2.54. The number of para-hydroxylation sites is 1. The lowest BCUT2D eigenvalue weighted by molar-refractivity contribution is -0.133. The molecule has 7 nitrogen and oxygen atoms in total. The minimum atomic E-state index is -0.919. The number of carbonyl (C=O) groups excluding carboxylic acids is 2. The number of hydrogen-bond donors (Lipinski definition) is 1. The molecule has 2 aromatic carbocycles. The number of benzene rings is 2. The van der Waals surface area contributed by atoms with Crippen LogP contribution in [0, 0.1) is 5.92 Å². The second-order valence-electron chi connectivity index (χ2n) is 9.01. The Labute approximate surface area is 201 Å². The average molecular weight is 464 g/mol. The van der Waals surface area contributed by atoms with E-state index in [1.54, 1.807) is 21.3 Å². The van der Waals surface area contributed by atoms with E-state index in [1.807, 2.05) is 48.5 Å². The molecule has 2 aliphatic rings. The molecule has 1 atom stereocenters. The number of likely N-dealkylation sites (tertiary alicyclic amines) is 1. The molecule has 0 aromatic heterocycles. The van der Waals surface area contributed by atoms with Crippen molar-refractivity contribution >= 4 is 18.0 Å². The summed E-state index contributed by atoms with van der Waals surface area (Å²) in [4.78, 5) is 29.4. The largest absolute Gasteiger partial charge is 0.497 e. The molecule has 4 rings (SSSR count). The van der Waals surface area contributed by atoms with Gasteiger partial charge in [-0.15, -0.1) is 0 Å². The Kier molecular flexibility index (Phi) is 7.22. The Morgan fingerprint density at radius 1 is 1.06 bits per heavy atom. The number of likely N-dealkylation sites (N-methyl/N-ethyl adjacent to an activating group) is 1. The highest BCUT2D eigenvalue weighted by Crippen LogP contribution is 2.36. The molecule has 3 amide bonds. The van der Waals surface area contributed by atoms with E-state index in [4.69, 9.17) is 9.47 Å². The summed E-state index contributed by atoms with van der Waals surface area (Å²) in [6.07, 6.45) is 6.38. The lowest BCUT2D eigenvalue weighted by Gasteiger charge is -2.40. The number of piperidine rings is 1. The molecule has 1 N–H and O–H groups in total. The van der Waals surface area contributed by atoms with Gasteiger partial charge in [0.1, 0.15) is 17.0 Å². The number of urea groups is 1. The summed E-state index contributed by atoms with van der Waals surface area (Å²) in [5, 5.41) is 3.07. The maximum absolute atomic E-state index is 13.3. The van der Waals surface area contributed by atoms with Gasteiger partial charge in [0.05, 0.1) is 14.2 Å². The zero-order valence-electron chi connectivity index (χ0n) is 20.1. The standard InChI is InChI=1S/C27H33N3O4/c1-29-25(31)27(28-26(29)32,19-20-8-6-11-23(18-20)33-2)22-13-16-30(17-14-22)15-7-10-21-9-4-5-12-24(21)34-3/h4-12,18,22H,13-17,19H2,1-3H3,(H,28,32)/b10-7+/t27-/m1/s1. The van der Waals surface area contributed by atoms with Crippen molar-refractivity contribution in [2.45, 2.75) is 24.8 Å². The fraction of sp³-hybridized carbons (Fsp3) is 0.407. The maximum atomic E-state index is 13.3. The van der Waals surface area contributed by atoms with E-state index < -0.39 is 5.54 Å². The molecule has 0 saturated carbocycles. The zero-order valence-corrected chi connectivity index (χ0v) is 20.1. The number of nitrogens with zero attached hydrogens (tertiary/aromatic N) is 2. The molecule has 0 bridgehead atoms. The Morgan fingerprint density at radius 3 is 2.50 bits per heavy atom. The minimum Gasteiger partial charge on any atom is -0.497 e. The molecular formula is C27H33N3O4. The predicted molar refractivity (Wildman–Crippen MR) is 132 cm³/mol. The van der Waals surface area contributed by atoms with E-state index in [0.717, 1.165) is 55.1 Å². The van der Waals surface area contributed by atoms with Gasteiger partial charge < -0.3 is 14.8 Å². The van der Waals surface area contributed by atoms with Crippen molar-refractivity contribution in [2.24, 2.45) is 5.92 Å². The summed E-state index contributed by atoms with van der Waals surface area (Å²) < 4.78 is 10.8. The molecule has 0 aliphatic carbocycles. The van der Waals surface area contributed by atoms with E-state index in [-0.39, 0.29) is 17.9 Å². The van der Waals surface area contributed by atoms with Crippen molar-refractivity contribution in [1.82, 2.24) is 15.1 Å². The monoisotopic (exact) mass is 463 g/mol. The van der Waals surface area contributed by atoms with Crippen molar-refractivity contribution in [3.8, 4) is 11.5 Å². The van der Waals surface area contributed by atoms with E-state index in [0.29, 0.717) is 6.42 Å². The lowest BCUT2D eigenvalue weighted by atomic mass is 9.74. The fourth-order valence-corrected chi connectivity index (χ4v) is 5.11. The van der Waals surface area contributed by atoms with Crippen LogP contribution in [0.1, 0.15) is 24.0 Å². The number of methoxy groups -OCH3 is 2. The topological polar surface area (TPSA) is 71.1 Å². The molecule has 0 radical (unpaired) electrons. The van der Waals surface area contributed by atoms with Gasteiger partial charge >= 0.3 is 6.03 Å². The first-order valence-corrected chi connectivity index (χ1v) is 11.7. The summed E-state index contributed by atoms with van der Waals surface area (Å²) >= 11 is 0. The Bertz CT molecular complexity index is 1060. The zero-order chi connectivity index (χ0) is 24.1. The third kappa shape index (κ3) is 4.80. The molecule has 7 heteroatoms. The van der Waals surface area contributed by atoms with Crippen molar-refractivity contribution < 1.29 is 19.1 Å². The fourth-order valence-electron chi connectivity index (χ4n) is 5.11. The van der Waals surface area contributed by atoms with Crippen LogP contribution in [-0.4, -0.2) is 68.2 Å². The number of rotatable bonds is 8. The van der Waals surface area contributed by atoms with Crippen LogP contribution in [0.5, 0.6) is 11.5 Å². The average Bonchev–Trinajstić information content (AvgIpc) is 3.08. The summed E-state index contributed by atoms with van der Waals surface area (Å²) in [7, 11) is 4.87. The molecule has 2 aromatic rings. The Hall–Kier alpha value is -3.32. The smallest absolute Gasteiger partial charge is 0.324 e. The third-order valence-corrected chi connectivity index (χ3v) is 7.02. The molecule has 0 spiro atoms. The van der Waals surface area contributed by atoms with E-state index in [2.05, 4.69) is 22.4 Å². The van der Waals surface area contributed by atoms with Crippen LogP contribution in [-0.2, 0) is 11.2 Å². The van der Waals surface area contributed by atoms with Crippen LogP contribution < -0.4 is 14.8 Å². The summed E-state index contributed by atoms with van der Waals surface area (Å²) in [5.74, 6) is 1.52. The summed E-state index contributed by atoms with van der Waals surface area (Å²) in [5.41, 5.74) is 1.11. The van der Waals surface area contributed by atoms with Gasteiger partial charge in [0, 0.05) is 25.6 Å². The highest BCUT2D eigenvalue weighted by molar-refractivity contribution is 6.07. The van der Waals surface area contributed by atoms with Crippen LogP contribution in [0.3, 0.4) is 0 Å². The van der Waals surface area contributed by atoms with Crippen molar-refractivity contribution in [2.75, 3.05) is 40.9 Å². The molecular weight excluding hydrogens is 430 g/mol. The first-order chi connectivity index (χ1) is 16.5. The number of amides is 3. The molecule has 180 valence electrons. The molecule has 2 saturated heterocycles. The van der Waals surface area contributed by atoms with Crippen LogP contribution >= 0.6 is 0 Å². The van der Waals surface area contributed by atoms with Crippen molar-refractivity contribution in [1.29, 1.82) is 0 Å². The van der Waals surface area contributed by atoms with Crippen LogP contribution in [0.15, 0.2) is 54.6 Å². The van der Waals surface area contributed by atoms with Gasteiger partial charge in [-0.1, -0.05) is 42.5 Å². The van der Waals surface area contributed by atoms with E-state index in [1.165, 1.54) is 4.90 Å². The van der Waals surface area contributed by atoms with Gasteiger partial charge in [-0.3, -0.25) is 14.6 Å². The van der Waals surface area contributed by atoms with Gasteiger partial charge in [0.2, 0.25) is 0 Å². The van der Waals surface area contributed by atoms with Crippen LogP contribution in [0.4, 0.5) is 4.79 Å². The summed E-state index contributed by atoms with van der Waals surface area (Å²) in [6.45, 7) is 2.56. The van der Waals surface area contributed by atoms with Gasteiger partial charge in [0.15, 0.2) is 0 Å². The number of hydrogen-bond acceptors (Lipinski definition) is 5. The Morgan fingerprint density at radius 2 is 1.82 bits per heavy atom. The predicted octanol–water partition coefficient (Wildman–Crippen LogP) is 3.59.